The summed E-state index contributed by atoms with van der Waals surface area (Å²) in [5.41, 5.74) is 20.1. The zero-order valence-corrected chi connectivity index (χ0v) is 69.1. The first-order valence-electron chi connectivity index (χ1n) is 36.4. The molecule has 0 unspecified atom stereocenters. The van der Waals surface area contributed by atoms with Crippen molar-refractivity contribution in [3.8, 4) is 0 Å². The second kappa shape index (κ2) is 39.3. The standard InChI is InChI=1S/C13H14ClN.C13H18.C12H13N.2C11H13F3.C11H16FN.C10H13F3N2.C9H10Cl2/c1-13(2,3)10-8-15-7-9-5-4-6-11(14)12(9)10;1-13(2,3)12-7-5-4-6-11(12)10-8-9-10;1-9(2)12-11-6-4-3-5-10(11)7-8-13-12;1-10(2,3)8-6-4-5-7-9(8)11(12,13)14;1-7(2)9-6-4-5-8(3)10(9)11(12,13)14;1-6(2)10-8(4)7(3)5-9(13)11(10)12;1-5(2)9-8(10(11,12)13)6(3)4-7(14)15-9;1-6(2)7-4-3-5-8(10)9(7)11/h4-8H,1-3H3;4-7,10H,8-9H2,1-3H3;3-9H,1-2H3;2*4-7H,1-3H3;5-6H,13H2,1-4H3;4-5H,1-3H3,(H2,14,15);3-6H,1-2H3. The molecule has 0 spiro atoms. The second-order valence-electron chi connectivity index (χ2n) is 31.8. The third-order valence-corrected chi connectivity index (χ3v) is 19.1. The molecule has 0 bridgehead atoms. The van der Waals surface area contributed by atoms with E-state index in [1.165, 1.54) is 78.5 Å². The highest BCUT2D eigenvalue weighted by molar-refractivity contribution is 6.42. The molecule has 10 aromatic rings. The zero-order chi connectivity index (χ0) is 82.1. The minimum atomic E-state index is -4.37. The van der Waals surface area contributed by atoms with E-state index in [-0.39, 0.29) is 51.7 Å². The van der Waals surface area contributed by atoms with Crippen LogP contribution in [0, 0.1) is 33.5 Å². The molecule has 586 valence electrons. The minimum Gasteiger partial charge on any atom is -0.396 e. The van der Waals surface area contributed by atoms with E-state index in [4.69, 9.17) is 46.3 Å². The lowest BCUT2D eigenvalue weighted by Gasteiger charge is -2.23. The highest BCUT2D eigenvalue weighted by Gasteiger charge is 2.39. The molecule has 1 fully saturated rings. The van der Waals surface area contributed by atoms with Gasteiger partial charge in [0.05, 0.1) is 43.8 Å². The Kier molecular flexibility index (Phi) is 33.7. The van der Waals surface area contributed by atoms with E-state index in [1.807, 2.05) is 76.6 Å². The van der Waals surface area contributed by atoms with E-state index in [1.54, 1.807) is 84.4 Å². The van der Waals surface area contributed by atoms with Gasteiger partial charge in [0.1, 0.15) is 11.6 Å². The van der Waals surface area contributed by atoms with E-state index in [0.29, 0.717) is 44.0 Å². The van der Waals surface area contributed by atoms with Crippen LogP contribution in [0.4, 0.5) is 55.4 Å². The van der Waals surface area contributed by atoms with E-state index in [0.717, 1.165) is 50.0 Å². The Morgan fingerprint density at radius 3 is 1.40 bits per heavy atom. The summed E-state index contributed by atoms with van der Waals surface area (Å²) < 4.78 is 127. The monoisotopic (exact) mass is 1560 g/mol. The van der Waals surface area contributed by atoms with Gasteiger partial charge in [0.15, 0.2) is 0 Å². The Morgan fingerprint density at radius 2 is 0.917 bits per heavy atom. The number of pyridine rings is 3. The normalized spacial score (nSPS) is 12.5. The highest BCUT2D eigenvalue weighted by Crippen LogP contribution is 2.45. The number of nitrogens with zero attached hydrogens (tertiary/aromatic N) is 3. The molecule has 1 aliphatic rings. The second-order valence-corrected chi connectivity index (χ2v) is 33.0. The van der Waals surface area contributed by atoms with Crippen LogP contribution in [0.1, 0.15) is 269 Å². The molecular formula is C90H110Cl3F10N5. The van der Waals surface area contributed by atoms with Crippen LogP contribution in [-0.4, -0.2) is 15.0 Å². The highest BCUT2D eigenvalue weighted by atomic mass is 35.5. The van der Waals surface area contributed by atoms with Gasteiger partial charge in [-0.15, -0.1) is 0 Å². The van der Waals surface area contributed by atoms with Gasteiger partial charge in [-0.3, -0.25) is 9.97 Å². The maximum atomic E-state index is 13.6. The molecule has 3 aromatic heterocycles. The molecule has 1 aliphatic carbocycles. The fourth-order valence-corrected chi connectivity index (χ4v) is 13.1. The van der Waals surface area contributed by atoms with Crippen LogP contribution in [0.15, 0.2) is 164 Å². The SMILES string of the molecule is CC(C)(C)c1ccccc1C(F)(F)F.CC(C)(C)c1ccccc1C1CC1.CC(C)(C)c1cncc2cccc(Cl)c12.CC(C)c1cccc(Cl)c1Cl.CC(C)c1nccc2ccccc12.Cc1cc(N)c(F)c(C(C)C)c1C.Cc1cc(N)nc(C(C)C)c1C(F)(F)F.Cc1cccc(C(C)C)c1C(F)(F)F. The first-order valence-corrected chi connectivity index (χ1v) is 37.5. The number of aromatic nitrogens is 3. The van der Waals surface area contributed by atoms with Crippen LogP contribution < -0.4 is 11.5 Å². The summed E-state index contributed by atoms with van der Waals surface area (Å²) in [7, 11) is 0. The van der Waals surface area contributed by atoms with E-state index < -0.39 is 40.6 Å². The molecule has 18 heteroatoms. The molecule has 1 saturated carbocycles. The summed E-state index contributed by atoms with van der Waals surface area (Å²) in [5, 5.41) is 6.92. The summed E-state index contributed by atoms with van der Waals surface area (Å²) in [6.45, 7) is 44.9. The number of aryl methyl sites for hydroxylation is 3. The summed E-state index contributed by atoms with van der Waals surface area (Å²) in [6.07, 6.45) is -4.43. The Hall–Kier alpha value is -7.72. The lowest BCUT2D eigenvalue weighted by Crippen LogP contribution is -2.19. The third kappa shape index (κ3) is 26.8. The van der Waals surface area contributed by atoms with Gasteiger partial charge in [-0.25, -0.2) is 9.37 Å². The van der Waals surface area contributed by atoms with Crippen LogP contribution in [-0.2, 0) is 34.8 Å². The number of nitrogens with two attached hydrogens (primary N) is 2. The average molecular weight is 1560 g/mol. The maximum Gasteiger partial charge on any atom is 0.418 e. The molecule has 0 radical (unpaired) electrons. The van der Waals surface area contributed by atoms with Crippen molar-refractivity contribution >= 4 is 67.9 Å². The van der Waals surface area contributed by atoms with E-state index >= 15 is 0 Å². The van der Waals surface area contributed by atoms with Crippen molar-refractivity contribution in [2.45, 2.75) is 242 Å². The van der Waals surface area contributed by atoms with Gasteiger partial charge in [-0.05, 0) is 195 Å². The topological polar surface area (TPSA) is 90.7 Å². The van der Waals surface area contributed by atoms with Gasteiger partial charge in [-0.2, -0.15) is 39.5 Å². The van der Waals surface area contributed by atoms with Crippen molar-refractivity contribution in [2.75, 3.05) is 11.5 Å². The fourth-order valence-electron chi connectivity index (χ4n) is 12.3. The van der Waals surface area contributed by atoms with Crippen LogP contribution in [0.5, 0.6) is 0 Å². The third-order valence-electron chi connectivity index (χ3n) is 18.0. The molecule has 7 aromatic carbocycles. The molecule has 4 N–H and O–H groups in total. The Balaban J connectivity index is 0.000000261. The zero-order valence-electron chi connectivity index (χ0n) is 66.9. The molecule has 0 aliphatic heterocycles. The fraction of sp³-hybridized carbons (Fsp3) is 0.411. The first-order chi connectivity index (χ1) is 49.7. The van der Waals surface area contributed by atoms with Gasteiger partial charge < -0.3 is 11.5 Å². The molecule has 3 heterocycles. The molecule has 0 atom stereocenters. The van der Waals surface area contributed by atoms with E-state index in [2.05, 4.69) is 139 Å². The number of anilines is 2. The van der Waals surface area contributed by atoms with Crippen molar-refractivity contribution in [2.24, 2.45) is 0 Å². The molecule has 108 heavy (non-hydrogen) atoms. The Labute approximate surface area is 651 Å². The Bertz CT molecular complexity index is 4480. The van der Waals surface area contributed by atoms with Crippen LogP contribution >= 0.6 is 34.8 Å². The predicted molar refractivity (Wildman–Crippen MR) is 436 cm³/mol. The van der Waals surface area contributed by atoms with Crippen molar-refractivity contribution in [3.63, 3.8) is 0 Å². The average Bonchev–Trinajstić information content (AvgIpc) is 0.998. The lowest BCUT2D eigenvalue weighted by atomic mass is 9.82. The van der Waals surface area contributed by atoms with Gasteiger partial charge in [-0.1, -0.05) is 276 Å². The summed E-state index contributed by atoms with van der Waals surface area (Å²) in [6, 6.07) is 44.4. The van der Waals surface area contributed by atoms with Crippen molar-refractivity contribution in [1.82, 2.24) is 15.0 Å². The lowest BCUT2D eigenvalue weighted by molar-refractivity contribution is -0.139. The van der Waals surface area contributed by atoms with Gasteiger partial charge in [0.25, 0.3) is 0 Å². The van der Waals surface area contributed by atoms with Crippen LogP contribution in [0.25, 0.3) is 21.5 Å². The number of nitrogen functional groups attached to an aromatic ring is 2. The largest absolute Gasteiger partial charge is 0.418 e. The summed E-state index contributed by atoms with van der Waals surface area (Å²) in [5.74, 6) is 1.45. The molecular weight excluding hydrogens is 1450 g/mol. The van der Waals surface area contributed by atoms with Gasteiger partial charge in [0.2, 0.25) is 0 Å². The number of hydrogen-bond acceptors (Lipinski definition) is 5. The Morgan fingerprint density at radius 1 is 0.435 bits per heavy atom. The summed E-state index contributed by atoms with van der Waals surface area (Å²) >= 11 is 18.0. The summed E-state index contributed by atoms with van der Waals surface area (Å²) in [4.78, 5) is 12.4. The van der Waals surface area contributed by atoms with Gasteiger partial charge >= 0.3 is 18.5 Å². The smallest absolute Gasteiger partial charge is 0.396 e. The number of alkyl halides is 9. The number of halogens is 13. The van der Waals surface area contributed by atoms with Crippen molar-refractivity contribution < 1.29 is 43.9 Å². The first kappa shape index (κ1) is 92.7. The quantitative estimate of drug-likeness (QED) is 0.128. The molecule has 5 nitrogen and oxygen atoms in total. The van der Waals surface area contributed by atoms with Crippen LogP contribution in [0.2, 0.25) is 15.1 Å². The molecule has 0 saturated heterocycles. The maximum absolute atomic E-state index is 13.6. The molecule has 0 amide bonds. The van der Waals surface area contributed by atoms with E-state index in [9.17, 15) is 43.9 Å². The minimum absolute atomic E-state index is 0.0139. The molecule has 11 rings (SSSR count). The van der Waals surface area contributed by atoms with Gasteiger partial charge in [0, 0.05) is 39.8 Å². The number of fused-ring (bicyclic) bond motifs is 2. The van der Waals surface area contributed by atoms with Crippen LogP contribution in [0.3, 0.4) is 0 Å². The number of hydrogen-bond donors (Lipinski definition) is 2. The van der Waals surface area contributed by atoms with Crippen molar-refractivity contribution in [1.29, 1.82) is 0 Å². The predicted octanol–water partition coefficient (Wildman–Crippen LogP) is 29.9. The number of rotatable bonds is 6. The van der Waals surface area contributed by atoms with Crippen molar-refractivity contribution in [3.05, 3.63) is 274 Å². The number of benzene rings is 7.